The second kappa shape index (κ2) is 10.0. The van der Waals surface area contributed by atoms with Crippen molar-refractivity contribution in [3.05, 3.63) is 65.0 Å². The van der Waals surface area contributed by atoms with E-state index in [0.29, 0.717) is 17.2 Å². The van der Waals surface area contributed by atoms with E-state index in [1.54, 1.807) is 23.9 Å². The van der Waals surface area contributed by atoms with Crippen molar-refractivity contribution in [2.24, 2.45) is 0 Å². The van der Waals surface area contributed by atoms with Crippen molar-refractivity contribution >= 4 is 35.0 Å². The molecule has 0 aliphatic heterocycles. The van der Waals surface area contributed by atoms with Gasteiger partial charge in [0.1, 0.15) is 0 Å². The Kier molecular flexibility index (Phi) is 7.75. The Balaban J connectivity index is 1.84. The maximum atomic E-state index is 12.1. The van der Waals surface area contributed by atoms with Crippen LogP contribution < -0.4 is 16.2 Å². The van der Waals surface area contributed by atoms with Gasteiger partial charge in [-0.1, -0.05) is 36.0 Å². The molecule has 0 spiro atoms. The van der Waals surface area contributed by atoms with Gasteiger partial charge in [-0.2, -0.15) is 0 Å². The van der Waals surface area contributed by atoms with Gasteiger partial charge in [0.05, 0.1) is 0 Å². The van der Waals surface area contributed by atoms with E-state index in [0.717, 1.165) is 33.4 Å². The molecule has 0 aliphatic carbocycles. The van der Waals surface area contributed by atoms with Crippen LogP contribution in [0.2, 0.25) is 0 Å². The number of nitrogens with one attached hydrogen (secondary N) is 3. The van der Waals surface area contributed by atoms with Gasteiger partial charge in [-0.25, -0.2) is 9.97 Å². The van der Waals surface area contributed by atoms with Crippen LogP contribution in [0.4, 0.5) is 0 Å². The van der Waals surface area contributed by atoms with Gasteiger partial charge in [-0.05, 0) is 56.8 Å². The molecule has 0 saturated carbocycles. The van der Waals surface area contributed by atoms with Crippen LogP contribution in [0.3, 0.4) is 0 Å². The maximum absolute atomic E-state index is 12.1. The number of carbonyl (C=O) groups is 1. The molecule has 0 fully saturated rings. The van der Waals surface area contributed by atoms with Crippen molar-refractivity contribution in [3.8, 4) is 0 Å². The molecule has 27 heavy (non-hydrogen) atoms. The van der Waals surface area contributed by atoms with Crippen molar-refractivity contribution in [1.82, 2.24) is 26.1 Å². The zero-order valence-electron chi connectivity index (χ0n) is 15.6. The molecule has 1 aromatic heterocycles. The van der Waals surface area contributed by atoms with Crippen LogP contribution in [-0.4, -0.2) is 27.5 Å². The molecule has 1 heterocycles. The zero-order valence-corrected chi connectivity index (χ0v) is 17.3. The average molecular weight is 402 g/mol. The number of benzene rings is 1. The molecule has 3 N–H and O–H groups in total. The summed E-state index contributed by atoms with van der Waals surface area (Å²) in [7, 11) is 0. The molecule has 142 valence electrons. The summed E-state index contributed by atoms with van der Waals surface area (Å²) in [5.74, 6) is 0.476. The van der Waals surface area contributed by atoms with Crippen molar-refractivity contribution in [1.29, 1.82) is 0 Å². The Hall–Kier alpha value is -2.45. The van der Waals surface area contributed by atoms with Crippen molar-refractivity contribution in [2.75, 3.05) is 6.54 Å². The Morgan fingerprint density at radius 3 is 2.37 bits per heavy atom. The zero-order chi connectivity index (χ0) is 19.8. The summed E-state index contributed by atoms with van der Waals surface area (Å²) in [6, 6.07) is 9.34. The predicted molar refractivity (Wildman–Crippen MR) is 114 cm³/mol. The summed E-state index contributed by atoms with van der Waals surface area (Å²) in [5.41, 5.74) is 9.73. The Morgan fingerprint density at radius 2 is 1.78 bits per heavy atom. The minimum absolute atomic E-state index is 0.258. The molecule has 0 atom stereocenters. The molecular weight excluding hydrogens is 378 g/mol. The second-order valence-electron chi connectivity index (χ2n) is 6.14. The SMILES string of the molecule is C=C(C)CNC(=S)NNC(=O)c1ccc(CSc2nc(C)cc(C)n2)cc1. The molecule has 1 aromatic carbocycles. The first-order chi connectivity index (χ1) is 12.8. The van der Waals surface area contributed by atoms with Crippen molar-refractivity contribution < 1.29 is 4.79 Å². The van der Waals surface area contributed by atoms with E-state index in [1.165, 1.54) is 0 Å². The number of aromatic nitrogens is 2. The molecule has 6 nitrogen and oxygen atoms in total. The molecule has 0 radical (unpaired) electrons. The third-order valence-corrected chi connectivity index (χ3v) is 4.55. The standard InChI is InChI=1S/C19H23N5OS2/c1-12(2)10-20-18(26)24-23-17(25)16-7-5-15(6-8-16)11-27-19-21-13(3)9-14(4)22-19/h5-9H,1,10-11H2,2-4H3,(H,23,25)(H2,20,24,26). The average Bonchev–Trinajstić information content (AvgIpc) is 2.62. The number of aryl methyl sites for hydroxylation is 2. The summed E-state index contributed by atoms with van der Waals surface area (Å²) < 4.78 is 0. The van der Waals surface area contributed by atoms with Crippen LogP contribution in [0.15, 0.2) is 47.6 Å². The monoisotopic (exact) mass is 401 g/mol. The first kappa shape index (κ1) is 20.9. The lowest BCUT2D eigenvalue weighted by Gasteiger charge is -2.11. The van der Waals surface area contributed by atoms with E-state index in [1.807, 2.05) is 39.0 Å². The quantitative estimate of drug-likeness (QED) is 0.226. The fraction of sp³-hybridized carbons (Fsp3) is 0.263. The van der Waals surface area contributed by atoms with Gasteiger partial charge in [0, 0.05) is 29.2 Å². The van der Waals surface area contributed by atoms with Crippen molar-refractivity contribution in [2.45, 2.75) is 31.7 Å². The fourth-order valence-electron chi connectivity index (χ4n) is 2.12. The number of thiocarbonyl (C=S) groups is 1. The van der Waals surface area contributed by atoms with E-state index in [2.05, 4.69) is 32.7 Å². The lowest BCUT2D eigenvalue weighted by molar-refractivity contribution is 0.0943. The summed E-state index contributed by atoms with van der Waals surface area (Å²) in [6.45, 7) is 10.1. The summed E-state index contributed by atoms with van der Waals surface area (Å²) in [6.07, 6.45) is 0. The topological polar surface area (TPSA) is 78.9 Å². The molecule has 2 aromatic rings. The van der Waals surface area contributed by atoms with Crippen LogP contribution in [0.1, 0.15) is 34.2 Å². The highest BCUT2D eigenvalue weighted by Crippen LogP contribution is 2.20. The minimum atomic E-state index is -0.258. The van der Waals surface area contributed by atoms with Gasteiger partial charge in [-0.15, -0.1) is 0 Å². The number of carbonyl (C=O) groups excluding carboxylic acids is 1. The molecule has 1 amide bonds. The Labute approximate surface area is 169 Å². The molecular formula is C19H23N5OS2. The fourth-order valence-corrected chi connectivity index (χ4v) is 3.15. The largest absolute Gasteiger partial charge is 0.358 e. The Morgan fingerprint density at radius 1 is 1.15 bits per heavy atom. The number of hydrogen-bond donors (Lipinski definition) is 3. The molecule has 8 heteroatoms. The van der Waals surface area contributed by atoms with E-state index < -0.39 is 0 Å². The van der Waals surface area contributed by atoms with Gasteiger partial charge in [-0.3, -0.25) is 15.6 Å². The van der Waals surface area contributed by atoms with E-state index >= 15 is 0 Å². The highest BCUT2D eigenvalue weighted by Gasteiger charge is 2.07. The number of nitrogens with zero attached hydrogens (tertiary/aromatic N) is 2. The summed E-state index contributed by atoms with van der Waals surface area (Å²) in [5, 5.41) is 4.03. The van der Waals surface area contributed by atoms with Crippen LogP contribution in [0, 0.1) is 13.8 Å². The van der Waals surface area contributed by atoms with E-state index in [9.17, 15) is 4.79 Å². The van der Waals surface area contributed by atoms with Crippen molar-refractivity contribution in [3.63, 3.8) is 0 Å². The third-order valence-electron chi connectivity index (χ3n) is 3.39. The number of hydrogen-bond acceptors (Lipinski definition) is 5. The van der Waals surface area contributed by atoms with Gasteiger partial charge in [0.15, 0.2) is 10.3 Å². The smallest absolute Gasteiger partial charge is 0.269 e. The highest BCUT2D eigenvalue weighted by molar-refractivity contribution is 7.98. The van der Waals surface area contributed by atoms with E-state index in [-0.39, 0.29) is 5.91 Å². The van der Waals surface area contributed by atoms with Gasteiger partial charge >= 0.3 is 0 Å². The van der Waals surface area contributed by atoms with Crippen LogP contribution in [-0.2, 0) is 5.75 Å². The first-order valence-electron chi connectivity index (χ1n) is 8.36. The van der Waals surface area contributed by atoms with Crippen LogP contribution >= 0.6 is 24.0 Å². The number of rotatable bonds is 6. The predicted octanol–water partition coefficient (Wildman–Crippen LogP) is 3.07. The Bertz CT molecular complexity index is 816. The van der Waals surface area contributed by atoms with Gasteiger partial charge in [0.2, 0.25) is 0 Å². The number of thioether (sulfide) groups is 1. The lowest BCUT2D eigenvalue weighted by Crippen LogP contribution is -2.47. The van der Waals surface area contributed by atoms with Gasteiger partial charge in [0.25, 0.3) is 5.91 Å². The minimum Gasteiger partial charge on any atom is -0.358 e. The summed E-state index contributed by atoms with van der Waals surface area (Å²) in [4.78, 5) is 21.0. The van der Waals surface area contributed by atoms with Crippen LogP contribution in [0.5, 0.6) is 0 Å². The molecule has 0 unspecified atom stereocenters. The molecule has 0 bridgehead atoms. The highest BCUT2D eigenvalue weighted by atomic mass is 32.2. The molecule has 2 rings (SSSR count). The molecule has 0 saturated heterocycles. The second-order valence-corrected chi connectivity index (χ2v) is 7.49. The first-order valence-corrected chi connectivity index (χ1v) is 9.75. The summed E-state index contributed by atoms with van der Waals surface area (Å²) >= 11 is 6.64. The molecule has 0 aliphatic rings. The lowest BCUT2D eigenvalue weighted by atomic mass is 10.1. The maximum Gasteiger partial charge on any atom is 0.269 e. The normalized spacial score (nSPS) is 10.2. The number of amides is 1. The van der Waals surface area contributed by atoms with E-state index in [4.69, 9.17) is 12.2 Å². The van der Waals surface area contributed by atoms with Crippen LogP contribution in [0.25, 0.3) is 0 Å². The number of hydrazine groups is 1. The van der Waals surface area contributed by atoms with Gasteiger partial charge < -0.3 is 5.32 Å². The third kappa shape index (κ3) is 7.36.